The molecule has 0 amide bonds. The third kappa shape index (κ3) is 5.80. The summed E-state index contributed by atoms with van der Waals surface area (Å²) in [6.45, 7) is 0. The van der Waals surface area contributed by atoms with E-state index in [1.165, 1.54) is 26.9 Å². The van der Waals surface area contributed by atoms with Crippen LogP contribution in [-0.4, -0.2) is 33.0 Å². The highest BCUT2D eigenvalue weighted by molar-refractivity contribution is 7.64. The molecule has 0 aliphatic heterocycles. The van der Waals surface area contributed by atoms with Gasteiger partial charge in [0.05, 0.1) is 21.3 Å². The van der Waals surface area contributed by atoms with Gasteiger partial charge in [0.2, 0.25) is 0 Å². The van der Waals surface area contributed by atoms with Gasteiger partial charge in [0.1, 0.15) is 17.2 Å². The zero-order valence-electron chi connectivity index (χ0n) is 16.1. The molecular weight excluding hydrogens is 363 g/mol. The predicted octanol–water partition coefficient (Wildman–Crippen LogP) is 5.09. The second-order valence-corrected chi connectivity index (χ2v) is 7.72. The first-order valence-corrected chi connectivity index (χ1v) is 10.4. The Balaban J connectivity index is 1.93. The third-order valence-corrected chi connectivity index (χ3v) is 5.72. The van der Waals surface area contributed by atoms with Gasteiger partial charge < -0.3 is 14.2 Å². The molecule has 0 spiro atoms. The molecule has 0 bridgehead atoms. The topological polar surface area (TPSA) is 61.8 Å². The summed E-state index contributed by atoms with van der Waals surface area (Å²) in [6.07, 6.45) is 4.04. The maximum Gasteiger partial charge on any atom is 0.420 e. The van der Waals surface area contributed by atoms with E-state index in [4.69, 9.17) is 14.2 Å². The molecule has 0 aromatic heterocycles. The Hall–Kier alpha value is -2.39. The molecule has 144 valence electrons. The van der Waals surface area contributed by atoms with E-state index in [0.717, 1.165) is 25.7 Å². The van der Waals surface area contributed by atoms with Crippen molar-refractivity contribution in [3.05, 3.63) is 53.6 Å². The lowest BCUT2D eigenvalue weighted by Gasteiger charge is -2.11. The van der Waals surface area contributed by atoms with Crippen molar-refractivity contribution in [2.45, 2.75) is 25.7 Å². The summed E-state index contributed by atoms with van der Waals surface area (Å²) in [5, 5.41) is 0. The monoisotopic (exact) mass is 389 g/mol. The summed E-state index contributed by atoms with van der Waals surface area (Å²) in [7, 11) is 2.40. The number of methoxy groups -OCH3 is 3. The van der Waals surface area contributed by atoms with Crippen molar-refractivity contribution < 1.29 is 23.6 Å². The molecule has 5 nitrogen and oxygen atoms in total. The molecule has 6 heteroatoms. The molecule has 0 aliphatic rings. The van der Waals surface area contributed by atoms with Crippen LogP contribution in [0, 0.1) is 0 Å². The van der Waals surface area contributed by atoms with Gasteiger partial charge in [-0.05, 0) is 31.2 Å². The number of ether oxygens (including phenoxy) is 3. The highest BCUT2D eigenvalue weighted by atomic mass is 31.1. The van der Waals surface area contributed by atoms with E-state index < -0.39 is 13.3 Å². The maximum atomic E-state index is 12.7. The molecule has 0 aliphatic carbocycles. The second kappa shape index (κ2) is 10.7. The summed E-state index contributed by atoms with van der Waals surface area (Å²) in [6, 6.07) is 13.5. The zero-order chi connectivity index (χ0) is 19.6. The van der Waals surface area contributed by atoms with Crippen LogP contribution in [0.2, 0.25) is 0 Å². The summed E-state index contributed by atoms with van der Waals surface area (Å²) in [5.41, 5.74) is 1.07. The zero-order valence-corrected chi connectivity index (χ0v) is 17.0. The first kappa shape index (κ1) is 20.9. The lowest BCUT2D eigenvalue weighted by atomic mass is 10.1. The van der Waals surface area contributed by atoms with Crippen LogP contribution in [-0.2, 0) is 11.0 Å². The molecule has 27 heavy (non-hydrogen) atoms. The van der Waals surface area contributed by atoms with Crippen LogP contribution in [0.1, 0.15) is 35.2 Å². The Labute approximate surface area is 161 Å². The van der Waals surface area contributed by atoms with Gasteiger partial charge in [-0.25, -0.2) is 4.79 Å². The summed E-state index contributed by atoms with van der Waals surface area (Å²) in [4.78, 5) is 12.7. The van der Waals surface area contributed by atoms with Crippen LogP contribution in [0.5, 0.6) is 17.2 Å². The SMILES string of the molecule is COc1cc(OC)c(C(=O)[P+](=O)CCCCCc2ccccc2)c(OC)c1. The molecule has 2 aromatic carbocycles. The molecular formula is C21H26O5P+. The summed E-state index contributed by atoms with van der Waals surface area (Å²) < 4.78 is 28.3. The van der Waals surface area contributed by atoms with Gasteiger partial charge in [-0.2, -0.15) is 0 Å². The van der Waals surface area contributed by atoms with Gasteiger partial charge >= 0.3 is 13.3 Å². The maximum absolute atomic E-state index is 12.7. The summed E-state index contributed by atoms with van der Waals surface area (Å²) in [5.74, 6) is 1.13. The minimum atomic E-state index is -2.04. The predicted molar refractivity (Wildman–Crippen MR) is 107 cm³/mol. The first-order valence-electron chi connectivity index (χ1n) is 8.93. The normalized spacial score (nSPS) is 11.0. The highest BCUT2D eigenvalue weighted by Crippen LogP contribution is 2.40. The average Bonchev–Trinajstić information content (AvgIpc) is 2.72. The Morgan fingerprint density at radius 2 is 1.52 bits per heavy atom. The van der Waals surface area contributed by atoms with Gasteiger partial charge in [-0.1, -0.05) is 34.9 Å². The van der Waals surface area contributed by atoms with Gasteiger partial charge in [0.15, 0.2) is 11.7 Å². The van der Waals surface area contributed by atoms with E-state index in [1.807, 2.05) is 18.2 Å². The van der Waals surface area contributed by atoms with Crippen LogP contribution in [0.4, 0.5) is 0 Å². The van der Waals surface area contributed by atoms with Crippen LogP contribution in [0.3, 0.4) is 0 Å². The van der Waals surface area contributed by atoms with E-state index in [0.29, 0.717) is 23.4 Å². The number of hydrogen-bond acceptors (Lipinski definition) is 5. The van der Waals surface area contributed by atoms with Crippen molar-refractivity contribution in [2.24, 2.45) is 0 Å². The van der Waals surface area contributed by atoms with E-state index in [2.05, 4.69) is 12.1 Å². The third-order valence-electron chi connectivity index (χ3n) is 4.32. The fourth-order valence-corrected chi connectivity index (χ4v) is 4.03. The Morgan fingerprint density at radius 3 is 2.07 bits per heavy atom. The Kier molecular flexibility index (Phi) is 8.28. The number of hydrogen-bond donors (Lipinski definition) is 0. The smallest absolute Gasteiger partial charge is 0.420 e. The molecule has 0 heterocycles. The van der Waals surface area contributed by atoms with Crippen LogP contribution in [0.25, 0.3) is 0 Å². The van der Waals surface area contributed by atoms with Crippen LogP contribution in [0.15, 0.2) is 42.5 Å². The fraction of sp³-hybridized carbons (Fsp3) is 0.381. The van der Waals surface area contributed by atoms with Crippen molar-refractivity contribution in [3.8, 4) is 17.2 Å². The molecule has 1 unspecified atom stereocenters. The molecule has 2 rings (SSSR count). The molecule has 1 atom stereocenters. The van der Waals surface area contributed by atoms with Gasteiger partial charge in [0, 0.05) is 12.1 Å². The number of unbranched alkanes of at least 4 members (excludes halogenated alkanes) is 2. The highest BCUT2D eigenvalue weighted by Gasteiger charge is 2.35. The Morgan fingerprint density at radius 1 is 0.889 bits per heavy atom. The van der Waals surface area contributed by atoms with Crippen molar-refractivity contribution in [1.82, 2.24) is 0 Å². The number of carbonyl (C=O) groups is 1. The van der Waals surface area contributed by atoms with Gasteiger partial charge in [0.25, 0.3) is 0 Å². The van der Waals surface area contributed by atoms with Crippen molar-refractivity contribution >= 4 is 13.3 Å². The second-order valence-electron chi connectivity index (χ2n) is 6.11. The lowest BCUT2D eigenvalue weighted by molar-refractivity contribution is 0.107. The molecule has 0 radical (unpaired) electrons. The molecule has 0 saturated carbocycles. The first-order chi connectivity index (χ1) is 13.1. The summed E-state index contributed by atoms with van der Waals surface area (Å²) >= 11 is 0. The minimum absolute atomic E-state index is 0.214. The van der Waals surface area contributed by atoms with Crippen molar-refractivity contribution in [3.63, 3.8) is 0 Å². The van der Waals surface area contributed by atoms with Crippen LogP contribution >= 0.6 is 7.80 Å². The van der Waals surface area contributed by atoms with Crippen molar-refractivity contribution in [2.75, 3.05) is 27.5 Å². The number of rotatable bonds is 11. The van der Waals surface area contributed by atoms with Gasteiger partial charge in [-0.3, -0.25) is 0 Å². The molecule has 0 N–H and O–H groups in total. The van der Waals surface area contributed by atoms with Crippen molar-refractivity contribution in [1.29, 1.82) is 0 Å². The standard InChI is InChI=1S/C21H26O5P/c1-24-17-14-18(25-2)20(19(15-17)26-3)21(22)27(23)13-9-5-8-12-16-10-6-4-7-11-16/h4,6-7,10-11,14-15H,5,8-9,12-13H2,1-3H3/q+1. The molecule has 2 aromatic rings. The van der Waals surface area contributed by atoms with E-state index in [9.17, 15) is 9.36 Å². The van der Waals surface area contributed by atoms with E-state index in [1.54, 1.807) is 12.1 Å². The minimum Gasteiger partial charge on any atom is -0.496 e. The van der Waals surface area contributed by atoms with Gasteiger partial charge in [-0.15, -0.1) is 0 Å². The largest absolute Gasteiger partial charge is 0.496 e. The fourth-order valence-electron chi connectivity index (χ4n) is 2.85. The molecule has 0 saturated heterocycles. The number of benzene rings is 2. The molecule has 0 fully saturated rings. The van der Waals surface area contributed by atoms with E-state index >= 15 is 0 Å². The quantitative estimate of drug-likeness (QED) is 0.396. The Bertz CT molecular complexity index is 748. The number of carbonyl (C=O) groups excluding carboxylic acids is 1. The number of aryl methyl sites for hydroxylation is 1. The van der Waals surface area contributed by atoms with Crippen LogP contribution < -0.4 is 14.2 Å². The average molecular weight is 389 g/mol. The van der Waals surface area contributed by atoms with E-state index in [-0.39, 0.29) is 5.56 Å². The lowest BCUT2D eigenvalue weighted by Crippen LogP contribution is -2.04.